The number of benzene rings is 2. The number of aromatic nitrogens is 2. The van der Waals surface area contributed by atoms with Gasteiger partial charge in [-0.1, -0.05) is 36.4 Å². The lowest BCUT2D eigenvalue weighted by atomic mass is 9.88. The number of anilines is 1. The molecule has 23 nitrogen and oxygen atoms in total. The maximum atomic E-state index is 14.3. The van der Waals surface area contributed by atoms with Gasteiger partial charge < -0.3 is 34.8 Å². The highest BCUT2D eigenvalue weighted by Crippen LogP contribution is 2.44. The molecule has 0 unspecified atom stereocenters. The van der Waals surface area contributed by atoms with E-state index in [0.717, 1.165) is 9.87 Å². The number of nitrogens with one attached hydrogen (secondary N) is 2. The number of urea groups is 1. The van der Waals surface area contributed by atoms with Gasteiger partial charge in [-0.05, 0) is 129 Å². The maximum absolute atomic E-state index is 14.3. The summed E-state index contributed by atoms with van der Waals surface area (Å²) in [6.45, 7) is 21.7. The first-order valence-corrected chi connectivity index (χ1v) is 35.0. The van der Waals surface area contributed by atoms with Gasteiger partial charge in [-0.25, -0.2) is 26.4 Å². The molecule has 0 spiro atoms. The summed E-state index contributed by atoms with van der Waals surface area (Å²) < 4.78 is 67.3. The van der Waals surface area contributed by atoms with Crippen LogP contribution in [-0.2, 0) is 77.5 Å². The predicted molar refractivity (Wildman–Crippen MR) is 343 cm³/mol. The van der Waals surface area contributed by atoms with Crippen molar-refractivity contribution in [2.75, 3.05) is 76.0 Å². The molecule has 4 aromatic rings. The first kappa shape index (κ1) is 69.4. The Morgan fingerprint density at radius 1 is 0.600 bits per heavy atom. The highest BCUT2D eigenvalue weighted by Gasteiger charge is 2.53. The Labute approximate surface area is 537 Å². The minimum atomic E-state index is -4.12. The average Bonchev–Trinajstić information content (AvgIpc) is 1.59. The average molecular weight is 1320 g/mol. The molecule has 0 radical (unpaired) electrons. The molecule has 0 bridgehead atoms. The molecule has 4 aliphatic rings. The van der Waals surface area contributed by atoms with E-state index in [9.17, 15) is 50.4 Å². The first-order chi connectivity index (χ1) is 42.2. The molecule has 6 heterocycles. The van der Waals surface area contributed by atoms with Crippen LogP contribution in [0.15, 0.2) is 107 Å². The first-order valence-electron chi connectivity index (χ1n) is 30.1. The zero-order valence-corrected chi connectivity index (χ0v) is 56.1. The van der Waals surface area contributed by atoms with E-state index < -0.39 is 88.4 Å². The Balaban J connectivity index is 0.766. The molecule has 5 amide bonds. The molecule has 4 fully saturated rings. The molecular weight excluding hydrogens is 1230 g/mol. The van der Waals surface area contributed by atoms with Crippen LogP contribution >= 0.6 is 23.5 Å². The largest absolute Gasteiger partial charge is 0.460 e. The van der Waals surface area contributed by atoms with E-state index in [1.807, 2.05) is 13.8 Å². The third-order valence-corrected chi connectivity index (χ3v) is 22.7. The van der Waals surface area contributed by atoms with E-state index in [0.29, 0.717) is 75.7 Å². The topological polar surface area (TPSA) is 276 Å². The quantitative estimate of drug-likeness (QED) is 0.0927. The van der Waals surface area contributed by atoms with Crippen molar-refractivity contribution in [3.05, 3.63) is 114 Å². The third-order valence-electron chi connectivity index (χ3n) is 16.0. The van der Waals surface area contributed by atoms with Crippen molar-refractivity contribution in [1.82, 2.24) is 43.5 Å². The van der Waals surface area contributed by atoms with Gasteiger partial charge >= 0.3 is 18.0 Å². The Hall–Kier alpha value is -6.49. The number of pyridine rings is 2. The number of ketones is 1. The number of nitrogens with zero attached hydrogens (tertiary/aromatic N) is 8. The lowest BCUT2D eigenvalue weighted by Gasteiger charge is -2.36. The molecule has 4 atom stereocenters. The van der Waals surface area contributed by atoms with E-state index in [-0.39, 0.29) is 71.5 Å². The number of amides is 5. The number of carbonyl (C=O) groups excluding carboxylic acids is 7. The number of thioether (sulfide) groups is 2. The molecule has 2 aromatic carbocycles. The van der Waals surface area contributed by atoms with E-state index >= 15 is 0 Å². The molecular formula is C63H84N10O13S4. The van der Waals surface area contributed by atoms with Gasteiger partial charge in [-0.2, -0.15) is 8.61 Å². The van der Waals surface area contributed by atoms with Crippen LogP contribution in [0.5, 0.6) is 0 Å². The number of sulfonamides is 2. The van der Waals surface area contributed by atoms with Gasteiger partial charge in [0.2, 0.25) is 37.8 Å². The number of Topliss-reactive ketones (excluding diaryl/α,β-unsaturated/α-hetero) is 1. The second-order valence-corrected chi connectivity index (χ2v) is 33.1. The third kappa shape index (κ3) is 17.8. The lowest BCUT2D eigenvalue weighted by Crippen LogP contribution is -2.57. The summed E-state index contributed by atoms with van der Waals surface area (Å²) in [7, 11) is -8.20. The van der Waals surface area contributed by atoms with Crippen molar-refractivity contribution in [1.29, 1.82) is 0 Å². The van der Waals surface area contributed by atoms with Crippen LogP contribution in [0.2, 0.25) is 0 Å². The summed E-state index contributed by atoms with van der Waals surface area (Å²) >= 11 is 2.66. The number of rotatable bonds is 21. The van der Waals surface area contributed by atoms with Crippen molar-refractivity contribution in [3.8, 4) is 0 Å². The van der Waals surface area contributed by atoms with E-state index in [1.165, 1.54) is 76.9 Å². The molecule has 90 heavy (non-hydrogen) atoms. The van der Waals surface area contributed by atoms with Gasteiger partial charge in [0.15, 0.2) is 5.78 Å². The van der Waals surface area contributed by atoms with Crippen LogP contribution in [0.1, 0.15) is 98.8 Å². The number of ether oxygens (including phenoxy) is 2. The second-order valence-electron chi connectivity index (χ2n) is 26.1. The lowest BCUT2D eigenvalue weighted by molar-refractivity contribution is -0.161. The van der Waals surface area contributed by atoms with Crippen molar-refractivity contribution >= 4 is 90.7 Å². The molecule has 4 saturated heterocycles. The molecule has 2 N–H and O–H groups in total. The predicted octanol–water partition coefficient (Wildman–Crippen LogP) is 5.84. The van der Waals surface area contributed by atoms with Gasteiger partial charge in [-0.3, -0.25) is 38.8 Å². The summed E-state index contributed by atoms with van der Waals surface area (Å²) in [5.41, 5.74) is 0.944. The van der Waals surface area contributed by atoms with Crippen LogP contribution < -0.4 is 10.6 Å². The van der Waals surface area contributed by atoms with Crippen molar-refractivity contribution in [2.45, 2.75) is 150 Å². The molecule has 2 aromatic heterocycles. The number of hydrogen-bond acceptors (Lipinski definition) is 18. The Bertz CT molecular complexity index is 3460. The second kappa shape index (κ2) is 28.6. The molecule has 0 aliphatic carbocycles. The number of hydrogen-bond donors (Lipinski definition) is 2. The van der Waals surface area contributed by atoms with Crippen LogP contribution in [0, 0.1) is 5.92 Å². The van der Waals surface area contributed by atoms with Gasteiger partial charge in [0, 0.05) is 118 Å². The van der Waals surface area contributed by atoms with Gasteiger partial charge in [0.1, 0.15) is 33.1 Å². The van der Waals surface area contributed by atoms with Crippen molar-refractivity contribution in [2.24, 2.45) is 5.92 Å². The zero-order chi connectivity index (χ0) is 65.6. The summed E-state index contributed by atoms with van der Waals surface area (Å²) in [5.74, 6) is -3.24. The standard InChI is InChI=1S/C63H84N10O13S4/c1-60(2,3)85-57(78)46(38-51(74)54-62(7,8)87-41-72(54)89(81,82)48-13-11-24-64-39-48)35-43-19-21-47(22-20-43)66-59(80)71-29-27-68(28-30-71)26-23-52(75)69-31-33-70(34-32-69)53(76)37-45-17-15-44(16-18-45)36-50(58(79)86-61(4,5)6)67-56(77)55-63(9,10)88-42-73(55)90(83,84)49-14-12-25-65-40-49/h11-22,24-25,39-40,46,50,54-55H,23,26-38,41-42H2,1-10H3,(H,66,80)(H,67,77)/t46-,50+,54-,55-/m1/s1. The summed E-state index contributed by atoms with van der Waals surface area (Å²) in [5, 5.41) is 5.77. The number of piperazine rings is 2. The fraction of sp³-hybridized carbons (Fsp3) is 0.540. The molecule has 488 valence electrons. The molecule has 27 heteroatoms. The van der Waals surface area contributed by atoms with Crippen molar-refractivity contribution < 1.29 is 59.9 Å². The fourth-order valence-corrected chi connectivity index (χ4v) is 17.6. The van der Waals surface area contributed by atoms with E-state index in [1.54, 1.807) is 119 Å². The molecule has 8 rings (SSSR count). The minimum Gasteiger partial charge on any atom is -0.460 e. The van der Waals surface area contributed by atoms with Crippen molar-refractivity contribution in [3.63, 3.8) is 0 Å². The van der Waals surface area contributed by atoms with Crippen LogP contribution in [0.4, 0.5) is 10.5 Å². The number of carbonyl (C=O) groups is 7. The van der Waals surface area contributed by atoms with E-state index in [2.05, 4.69) is 25.5 Å². The Kier molecular flexibility index (Phi) is 22.0. The summed E-state index contributed by atoms with van der Waals surface area (Å²) in [6.07, 6.45) is 5.74. The zero-order valence-electron chi connectivity index (χ0n) is 52.9. The number of esters is 2. The van der Waals surface area contributed by atoms with Gasteiger partial charge in [-0.15, -0.1) is 23.5 Å². The molecule has 0 saturated carbocycles. The monoisotopic (exact) mass is 1320 g/mol. The fourth-order valence-electron chi connectivity index (χ4n) is 11.3. The normalized spacial score (nSPS) is 20.0. The van der Waals surface area contributed by atoms with Gasteiger partial charge in [0.05, 0.1) is 30.1 Å². The van der Waals surface area contributed by atoms with Crippen LogP contribution in [0.25, 0.3) is 0 Å². The van der Waals surface area contributed by atoms with E-state index in [4.69, 9.17) is 9.47 Å². The van der Waals surface area contributed by atoms with Crippen LogP contribution in [0.3, 0.4) is 0 Å². The highest BCUT2D eigenvalue weighted by atomic mass is 32.2. The van der Waals surface area contributed by atoms with Crippen LogP contribution in [-0.4, -0.2) is 206 Å². The highest BCUT2D eigenvalue weighted by molar-refractivity contribution is 8.02. The van der Waals surface area contributed by atoms with Gasteiger partial charge in [0.25, 0.3) is 0 Å². The summed E-state index contributed by atoms with van der Waals surface area (Å²) in [6, 6.07) is 16.4. The SMILES string of the molecule is CC(C)(C)OC(=O)[C@@H](CC(=O)[C@H]1N(S(=O)(=O)c2cccnc2)CSC1(C)C)Cc1ccc(NC(=O)N2CCN(CCC(=O)N3CCN(C(=O)Cc4ccc(C[C@H](NC(=O)[C@H]5N(S(=O)(=O)c6cccnc6)CSC5(C)C)C(=O)OC(C)(C)C)cc4)CC3)CC2)cc1. The smallest absolute Gasteiger partial charge is 0.329 e. The molecule has 4 aliphatic heterocycles. The maximum Gasteiger partial charge on any atom is 0.329 e. The Morgan fingerprint density at radius 2 is 1.07 bits per heavy atom. The minimum absolute atomic E-state index is 0.0140. The Morgan fingerprint density at radius 3 is 1.59 bits per heavy atom. The summed E-state index contributed by atoms with van der Waals surface area (Å²) in [4.78, 5) is 111.